The molecule has 2 aliphatic heterocycles. The van der Waals surface area contributed by atoms with Crippen LogP contribution in [-0.2, 0) is 0 Å². The van der Waals surface area contributed by atoms with Gasteiger partial charge in [-0.2, -0.15) is 0 Å². The molecule has 2 bridgehead atoms. The molecule has 0 aliphatic carbocycles. The number of hydrogen-bond acceptors (Lipinski definition) is 2. The Labute approximate surface area is 136 Å². The first-order chi connectivity index (χ1) is 9.88. The van der Waals surface area contributed by atoms with Crippen molar-refractivity contribution in [3.63, 3.8) is 0 Å². The molecule has 0 amide bonds. The van der Waals surface area contributed by atoms with Gasteiger partial charge in [0.15, 0.2) is 10.8 Å². The molecule has 3 nitrogen and oxygen atoms in total. The third kappa shape index (κ3) is 2.11. The van der Waals surface area contributed by atoms with Gasteiger partial charge in [0, 0.05) is 23.0 Å². The predicted molar refractivity (Wildman–Crippen MR) is 89.9 cm³/mol. The summed E-state index contributed by atoms with van der Waals surface area (Å²) in [5.74, 6) is 1.22. The van der Waals surface area contributed by atoms with E-state index in [9.17, 15) is 0 Å². The number of benzene rings is 1. The Morgan fingerprint density at radius 3 is 2.86 bits per heavy atom. The van der Waals surface area contributed by atoms with Crippen LogP contribution in [0.2, 0.25) is 5.02 Å². The monoisotopic (exact) mass is 324 g/mol. The highest BCUT2D eigenvalue weighted by Gasteiger charge is 2.53. The first-order valence-corrected chi connectivity index (χ1v) is 8.24. The minimum Gasteiger partial charge on any atom is -0.467 e. The number of thiocarbonyl (C=S) groups is 1. The number of ether oxygens (including phenoxy) is 1. The molecule has 3 atom stereocenters. The number of hydrogen-bond donors (Lipinski definition) is 1. The maximum absolute atomic E-state index is 6.46. The lowest BCUT2D eigenvalue weighted by Gasteiger charge is -2.56. The van der Waals surface area contributed by atoms with Crippen LogP contribution >= 0.6 is 23.8 Å². The van der Waals surface area contributed by atoms with E-state index in [0.717, 1.165) is 40.0 Å². The van der Waals surface area contributed by atoms with Gasteiger partial charge in [-0.3, -0.25) is 0 Å². The van der Waals surface area contributed by atoms with Gasteiger partial charge in [-0.15, -0.1) is 0 Å². The lowest BCUT2D eigenvalue weighted by atomic mass is 9.80. The minimum atomic E-state index is -0.408. The van der Waals surface area contributed by atoms with Crippen LogP contribution in [-0.4, -0.2) is 22.3 Å². The van der Waals surface area contributed by atoms with E-state index in [1.54, 1.807) is 0 Å². The fourth-order valence-electron chi connectivity index (χ4n) is 3.47. The maximum Gasteiger partial charge on any atom is 0.186 e. The van der Waals surface area contributed by atoms with Crippen LogP contribution in [0.15, 0.2) is 12.1 Å². The van der Waals surface area contributed by atoms with E-state index in [1.165, 1.54) is 0 Å². The van der Waals surface area contributed by atoms with Crippen LogP contribution in [0.5, 0.6) is 5.75 Å². The van der Waals surface area contributed by atoms with Crippen molar-refractivity contribution < 1.29 is 4.74 Å². The normalized spacial score (nSPS) is 30.5. The van der Waals surface area contributed by atoms with Crippen LogP contribution < -0.4 is 10.1 Å². The second kappa shape index (κ2) is 5.03. The number of nitrogens with one attached hydrogen (secondary N) is 1. The molecule has 1 fully saturated rings. The summed E-state index contributed by atoms with van der Waals surface area (Å²) in [5, 5.41) is 5.00. The zero-order valence-corrected chi connectivity index (χ0v) is 14.4. The van der Waals surface area contributed by atoms with Gasteiger partial charge in [0.25, 0.3) is 0 Å². The van der Waals surface area contributed by atoms with E-state index in [0.29, 0.717) is 0 Å². The first kappa shape index (κ1) is 14.9. The molecule has 0 aromatic heterocycles. The fraction of sp³-hybridized carbons (Fsp3) is 0.562. The standard InChI is InChI=1S/C16H21ClN2OS/c1-5-6-19-15(21)18-13-10(3)16(19,4)20-14-9(2)7-11(17)8-12(13)14/h7-8,10,13H,5-6H2,1-4H3,(H,18,21). The molecule has 3 unspecified atom stereocenters. The Kier molecular flexibility index (Phi) is 3.57. The molecule has 1 N–H and O–H groups in total. The van der Waals surface area contributed by atoms with Crippen molar-refractivity contribution in [3.8, 4) is 5.75 Å². The van der Waals surface area contributed by atoms with Crippen LogP contribution in [0.3, 0.4) is 0 Å². The molecule has 5 heteroatoms. The number of fused-ring (bicyclic) bond motifs is 4. The SMILES string of the molecule is CCCN1C(=S)NC2c3cc(Cl)cc(C)c3OC1(C)C2C. The van der Waals surface area contributed by atoms with Crippen molar-refractivity contribution in [2.45, 2.75) is 45.9 Å². The van der Waals surface area contributed by atoms with Crippen molar-refractivity contribution in [2.75, 3.05) is 6.54 Å². The summed E-state index contributed by atoms with van der Waals surface area (Å²) in [6.07, 6.45) is 1.03. The molecule has 0 saturated carbocycles. The molecule has 0 radical (unpaired) electrons. The van der Waals surface area contributed by atoms with E-state index >= 15 is 0 Å². The van der Waals surface area contributed by atoms with Crippen LogP contribution in [0, 0.1) is 12.8 Å². The molecule has 1 saturated heterocycles. The van der Waals surface area contributed by atoms with Gasteiger partial charge in [0.2, 0.25) is 0 Å². The highest BCUT2D eigenvalue weighted by atomic mass is 35.5. The molecule has 2 aliphatic rings. The van der Waals surface area contributed by atoms with Crippen molar-refractivity contribution in [3.05, 3.63) is 28.3 Å². The Bertz CT molecular complexity index is 606. The van der Waals surface area contributed by atoms with Crippen LogP contribution in [0.1, 0.15) is 44.4 Å². The molecule has 0 spiro atoms. The molecular weight excluding hydrogens is 304 g/mol. The van der Waals surface area contributed by atoms with Crippen molar-refractivity contribution in [1.29, 1.82) is 0 Å². The Hall–Kier alpha value is -1.00. The summed E-state index contributed by atoms with van der Waals surface area (Å²) in [7, 11) is 0. The van der Waals surface area contributed by atoms with E-state index < -0.39 is 5.72 Å². The maximum atomic E-state index is 6.46. The van der Waals surface area contributed by atoms with Gasteiger partial charge in [-0.1, -0.05) is 25.4 Å². The summed E-state index contributed by atoms with van der Waals surface area (Å²) in [5.41, 5.74) is 1.78. The third-order valence-corrected chi connectivity index (χ3v) is 5.32. The van der Waals surface area contributed by atoms with Gasteiger partial charge < -0.3 is 15.0 Å². The molecule has 3 rings (SSSR count). The molecule has 2 heterocycles. The fourth-order valence-corrected chi connectivity index (χ4v) is 4.15. The van der Waals surface area contributed by atoms with Crippen LogP contribution in [0.4, 0.5) is 0 Å². The van der Waals surface area contributed by atoms with Gasteiger partial charge in [0.1, 0.15) is 5.75 Å². The zero-order chi connectivity index (χ0) is 15.4. The molecule has 21 heavy (non-hydrogen) atoms. The Balaban J connectivity index is 2.14. The number of aryl methyl sites for hydroxylation is 1. The summed E-state index contributed by atoms with van der Waals surface area (Å²) >= 11 is 11.8. The van der Waals surface area contributed by atoms with Gasteiger partial charge in [-0.25, -0.2) is 0 Å². The second-order valence-corrected chi connectivity index (χ2v) is 6.99. The van der Waals surface area contributed by atoms with Crippen LogP contribution in [0.25, 0.3) is 0 Å². The highest BCUT2D eigenvalue weighted by molar-refractivity contribution is 7.80. The lowest BCUT2D eigenvalue weighted by Crippen LogP contribution is -2.69. The minimum absolute atomic E-state index is 0.150. The smallest absolute Gasteiger partial charge is 0.186 e. The van der Waals surface area contributed by atoms with Crippen molar-refractivity contribution in [1.82, 2.24) is 10.2 Å². The van der Waals surface area contributed by atoms with Gasteiger partial charge in [0.05, 0.1) is 6.04 Å². The van der Waals surface area contributed by atoms with Crippen molar-refractivity contribution in [2.24, 2.45) is 5.92 Å². The predicted octanol–water partition coefficient (Wildman–Crippen LogP) is 4.03. The van der Waals surface area contributed by atoms with E-state index in [-0.39, 0.29) is 12.0 Å². The quantitative estimate of drug-likeness (QED) is 0.830. The number of halogens is 1. The molecular formula is C16H21ClN2OS. The van der Waals surface area contributed by atoms with E-state index in [4.69, 9.17) is 28.6 Å². The third-order valence-electron chi connectivity index (χ3n) is 4.76. The number of nitrogens with zero attached hydrogens (tertiary/aromatic N) is 1. The Morgan fingerprint density at radius 1 is 1.48 bits per heavy atom. The first-order valence-electron chi connectivity index (χ1n) is 7.45. The van der Waals surface area contributed by atoms with E-state index in [2.05, 4.69) is 31.0 Å². The average Bonchev–Trinajstić information content (AvgIpc) is 2.41. The topological polar surface area (TPSA) is 24.5 Å². The lowest BCUT2D eigenvalue weighted by molar-refractivity contribution is -0.110. The summed E-state index contributed by atoms with van der Waals surface area (Å²) in [4.78, 5) is 2.18. The largest absolute Gasteiger partial charge is 0.467 e. The summed E-state index contributed by atoms with van der Waals surface area (Å²) < 4.78 is 6.46. The number of rotatable bonds is 2. The van der Waals surface area contributed by atoms with E-state index in [1.807, 2.05) is 19.1 Å². The molecule has 1 aromatic rings. The molecule has 1 aromatic carbocycles. The molecule has 114 valence electrons. The second-order valence-electron chi connectivity index (χ2n) is 6.17. The highest BCUT2D eigenvalue weighted by Crippen LogP contribution is 2.49. The Morgan fingerprint density at radius 2 is 2.19 bits per heavy atom. The van der Waals surface area contributed by atoms with Gasteiger partial charge in [-0.05, 0) is 50.2 Å². The summed E-state index contributed by atoms with van der Waals surface area (Å²) in [6.45, 7) is 9.44. The summed E-state index contributed by atoms with van der Waals surface area (Å²) in [6, 6.07) is 4.10. The zero-order valence-electron chi connectivity index (χ0n) is 12.9. The van der Waals surface area contributed by atoms with Crippen molar-refractivity contribution >= 4 is 28.9 Å². The average molecular weight is 325 g/mol. The van der Waals surface area contributed by atoms with Gasteiger partial charge >= 0.3 is 0 Å².